The van der Waals surface area contributed by atoms with Gasteiger partial charge in [0.2, 0.25) is 0 Å². The second-order valence-corrected chi connectivity index (χ2v) is 7.83. The summed E-state index contributed by atoms with van der Waals surface area (Å²) in [6, 6.07) is 20.0. The first-order valence-corrected chi connectivity index (χ1v) is 11.3. The van der Waals surface area contributed by atoms with Crippen molar-refractivity contribution in [2.24, 2.45) is 0 Å². The zero-order chi connectivity index (χ0) is 25.2. The summed E-state index contributed by atoms with van der Waals surface area (Å²) < 4.78 is 15.3. The molecular weight excluding hydrogens is 472 g/mol. The first-order valence-electron chi connectivity index (χ1n) is 10.9. The van der Waals surface area contributed by atoms with Crippen LogP contribution in [-0.2, 0) is 16.1 Å². The molecule has 3 aromatic rings. The Labute approximate surface area is 208 Å². The summed E-state index contributed by atoms with van der Waals surface area (Å²) in [5.41, 5.74) is 1.78. The topological polar surface area (TPSA) is 103 Å². The maximum atomic E-state index is 12.5. The van der Waals surface area contributed by atoms with E-state index in [4.69, 9.17) is 25.8 Å². The highest BCUT2D eigenvalue weighted by Gasteiger charge is 2.15. The first kappa shape index (κ1) is 25.6. The smallest absolute Gasteiger partial charge is 0.481 e. The molecule has 3 rings (SSSR count). The van der Waals surface area contributed by atoms with Crippen LogP contribution in [0.5, 0.6) is 11.5 Å². The maximum absolute atomic E-state index is 12.5. The lowest BCUT2D eigenvalue weighted by atomic mass is 10.1. The minimum absolute atomic E-state index is 0.209. The average molecular weight is 497 g/mol. The van der Waals surface area contributed by atoms with Gasteiger partial charge in [0.15, 0.2) is 6.10 Å². The van der Waals surface area contributed by atoms with Crippen molar-refractivity contribution >= 4 is 35.3 Å². The van der Waals surface area contributed by atoms with Crippen LogP contribution in [0.3, 0.4) is 0 Å². The highest BCUT2D eigenvalue weighted by Crippen LogP contribution is 2.18. The molecule has 182 valence electrons. The molecule has 0 bridgehead atoms. The highest BCUT2D eigenvalue weighted by molar-refractivity contribution is 6.30. The van der Waals surface area contributed by atoms with Crippen molar-refractivity contribution in [3.8, 4) is 11.5 Å². The van der Waals surface area contributed by atoms with E-state index in [9.17, 15) is 14.4 Å². The number of halogens is 1. The Morgan fingerprint density at radius 2 is 1.63 bits per heavy atom. The Morgan fingerprint density at radius 3 is 2.31 bits per heavy atom. The average Bonchev–Trinajstić information content (AvgIpc) is 2.84. The van der Waals surface area contributed by atoms with E-state index >= 15 is 0 Å². The summed E-state index contributed by atoms with van der Waals surface area (Å²) in [5, 5.41) is 6.21. The molecule has 8 nitrogen and oxygen atoms in total. The molecule has 0 fully saturated rings. The van der Waals surface area contributed by atoms with E-state index in [0.29, 0.717) is 22.0 Å². The van der Waals surface area contributed by atoms with Crippen molar-refractivity contribution in [1.29, 1.82) is 0 Å². The Bertz CT molecular complexity index is 1170. The van der Waals surface area contributed by atoms with Crippen LogP contribution in [0.25, 0.3) is 0 Å². The fourth-order valence-corrected chi connectivity index (χ4v) is 3.10. The molecule has 0 saturated heterocycles. The zero-order valence-corrected chi connectivity index (χ0v) is 20.0. The predicted octanol–water partition coefficient (Wildman–Crippen LogP) is 5.21. The van der Waals surface area contributed by atoms with Gasteiger partial charge in [-0.2, -0.15) is 0 Å². The molecule has 0 aromatic heterocycles. The van der Waals surface area contributed by atoms with E-state index < -0.39 is 12.3 Å². The Balaban J connectivity index is 1.51. The number of benzene rings is 3. The fraction of sp³-hybridized carbons (Fsp3) is 0.192. The standard InChI is InChI=1S/C26H25ClN2O6/c1-3-33-26(32)35-23-11-7-19(8-12-23)25(31)28-16-18-5-4-6-21(15-18)29-24(30)17(2)34-22-13-9-20(27)10-14-22/h4-15,17H,3,16H2,1-2H3,(H,28,31)(H,29,30). The minimum atomic E-state index is -0.803. The third-order valence-corrected chi connectivity index (χ3v) is 4.98. The fourth-order valence-electron chi connectivity index (χ4n) is 2.98. The van der Waals surface area contributed by atoms with Gasteiger partial charge in [0, 0.05) is 22.8 Å². The van der Waals surface area contributed by atoms with Crippen LogP contribution in [0, 0.1) is 0 Å². The van der Waals surface area contributed by atoms with Gasteiger partial charge in [-0.1, -0.05) is 23.7 Å². The molecule has 1 atom stereocenters. The second kappa shape index (κ2) is 12.4. The number of carbonyl (C=O) groups is 3. The van der Waals surface area contributed by atoms with E-state index in [1.54, 1.807) is 68.4 Å². The van der Waals surface area contributed by atoms with Crippen molar-refractivity contribution in [3.05, 3.63) is 88.9 Å². The number of amides is 2. The lowest BCUT2D eigenvalue weighted by Crippen LogP contribution is -2.30. The number of hydrogen-bond donors (Lipinski definition) is 2. The van der Waals surface area contributed by atoms with Gasteiger partial charge in [-0.25, -0.2) is 4.79 Å². The van der Waals surface area contributed by atoms with Gasteiger partial charge in [-0.3, -0.25) is 9.59 Å². The molecule has 0 aliphatic rings. The monoisotopic (exact) mass is 496 g/mol. The minimum Gasteiger partial charge on any atom is -0.481 e. The van der Waals surface area contributed by atoms with Crippen molar-refractivity contribution < 1.29 is 28.6 Å². The Kier molecular flexibility index (Phi) is 9.09. The lowest BCUT2D eigenvalue weighted by Gasteiger charge is -2.15. The molecular formula is C26H25ClN2O6. The van der Waals surface area contributed by atoms with Gasteiger partial charge in [-0.15, -0.1) is 0 Å². The highest BCUT2D eigenvalue weighted by atomic mass is 35.5. The van der Waals surface area contributed by atoms with E-state index in [1.165, 1.54) is 12.1 Å². The summed E-state index contributed by atoms with van der Waals surface area (Å²) in [4.78, 5) is 36.3. The summed E-state index contributed by atoms with van der Waals surface area (Å²) in [7, 11) is 0. The van der Waals surface area contributed by atoms with Gasteiger partial charge in [-0.05, 0) is 80.1 Å². The van der Waals surface area contributed by atoms with Gasteiger partial charge in [0.25, 0.3) is 11.8 Å². The van der Waals surface area contributed by atoms with Crippen LogP contribution in [-0.4, -0.2) is 30.7 Å². The molecule has 2 amide bonds. The number of carbonyl (C=O) groups excluding carboxylic acids is 3. The van der Waals surface area contributed by atoms with Crippen molar-refractivity contribution in [3.63, 3.8) is 0 Å². The zero-order valence-electron chi connectivity index (χ0n) is 19.2. The van der Waals surface area contributed by atoms with Gasteiger partial charge >= 0.3 is 6.16 Å². The molecule has 0 heterocycles. The normalized spacial score (nSPS) is 11.2. The predicted molar refractivity (Wildman–Crippen MR) is 132 cm³/mol. The molecule has 35 heavy (non-hydrogen) atoms. The Hall–Kier alpha value is -4.04. The first-order chi connectivity index (χ1) is 16.8. The molecule has 0 spiro atoms. The Morgan fingerprint density at radius 1 is 0.943 bits per heavy atom. The van der Waals surface area contributed by atoms with Crippen molar-refractivity contribution in [2.75, 3.05) is 11.9 Å². The van der Waals surface area contributed by atoms with Gasteiger partial charge < -0.3 is 24.8 Å². The molecule has 0 radical (unpaired) electrons. The largest absolute Gasteiger partial charge is 0.513 e. The third-order valence-electron chi connectivity index (χ3n) is 4.72. The van der Waals surface area contributed by atoms with Crippen LogP contribution < -0.4 is 20.1 Å². The molecule has 0 saturated carbocycles. The molecule has 1 unspecified atom stereocenters. The van der Waals surface area contributed by atoms with Crippen LogP contribution in [0.4, 0.5) is 10.5 Å². The van der Waals surface area contributed by atoms with Crippen LogP contribution in [0.2, 0.25) is 5.02 Å². The summed E-state index contributed by atoms with van der Waals surface area (Å²) in [6.45, 7) is 3.79. The molecule has 2 N–H and O–H groups in total. The molecule has 3 aromatic carbocycles. The second-order valence-electron chi connectivity index (χ2n) is 7.40. The number of hydrogen-bond acceptors (Lipinski definition) is 6. The quantitative estimate of drug-likeness (QED) is 0.311. The van der Waals surface area contributed by atoms with E-state index in [1.807, 2.05) is 6.07 Å². The van der Waals surface area contributed by atoms with Crippen molar-refractivity contribution in [2.45, 2.75) is 26.5 Å². The molecule has 9 heteroatoms. The summed E-state index contributed by atoms with van der Waals surface area (Å²) >= 11 is 5.86. The number of nitrogens with one attached hydrogen (secondary N) is 2. The summed E-state index contributed by atoms with van der Waals surface area (Å²) in [5.74, 6) is 0.199. The maximum Gasteiger partial charge on any atom is 0.513 e. The van der Waals surface area contributed by atoms with Crippen molar-refractivity contribution in [1.82, 2.24) is 5.32 Å². The van der Waals surface area contributed by atoms with E-state index in [-0.39, 0.29) is 30.7 Å². The molecule has 0 aliphatic carbocycles. The van der Waals surface area contributed by atoms with Crippen LogP contribution in [0.1, 0.15) is 29.8 Å². The lowest BCUT2D eigenvalue weighted by molar-refractivity contribution is -0.122. The van der Waals surface area contributed by atoms with E-state index in [0.717, 1.165) is 5.56 Å². The van der Waals surface area contributed by atoms with Crippen LogP contribution in [0.15, 0.2) is 72.8 Å². The van der Waals surface area contributed by atoms with Gasteiger partial charge in [0.05, 0.1) is 6.61 Å². The van der Waals surface area contributed by atoms with Crippen LogP contribution >= 0.6 is 11.6 Å². The van der Waals surface area contributed by atoms with Gasteiger partial charge in [0.1, 0.15) is 11.5 Å². The SMILES string of the molecule is CCOC(=O)Oc1ccc(C(=O)NCc2cccc(NC(=O)C(C)Oc3ccc(Cl)cc3)c2)cc1. The molecule has 0 aliphatic heterocycles. The number of anilines is 1. The number of ether oxygens (including phenoxy) is 3. The van der Waals surface area contributed by atoms with E-state index in [2.05, 4.69) is 10.6 Å². The number of rotatable bonds is 9. The summed E-state index contributed by atoms with van der Waals surface area (Å²) in [6.07, 6.45) is -1.53. The third kappa shape index (κ3) is 8.04.